The summed E-state index contributed by atoms with van der Waals surface area (Å²) in [6, 6.07) is 7.10. The lowest BCUT2D eigenvalue weighted by Crippen LogP contribution is -2.47. The first-order valence-corrected chi connectivity index (χ1v) is 9.51. The zero-order valence-electron chi connectivity index (χ0n) is 11.6. The Morgan fingerprint density at radius 3 is 2.67 bits per heavy atom. The van der Waals surface area contributed by atoms with Gasteiger partial charge in [0.05, 0.1) is 5.75 Å². The monoisotopic (exact) mass is 374 g/mol. The summed E-state index contributed by atoms with van der Waals surface area (Å²) in [7, 11) is -3.45. The maximum Gasteiger partial charge on any atom is 0.235 e. The van der Waals surface area contributed by atoms with Gasteiger partial charge in [0.2, 0.25) is 5.91 Å². The van der Waals surface area contributed by atoms with Gasteiger partial charge in [-0.1, -0.05) is 28.1 Å². The first-order chi connectivity index (χ1) is 9.94. The summed E-state index contributed by atoms with van der Waals surface area (Å²) in [5, 5.41) is 5.96. The molecular formula is C14H19BrN2O3S. The number of benzene rings is 1. The van der Waals surface area contributed by atoms with E-state index in [1.165, 1.54) is 0 Å². The first kappa shape index (κ1) is 16.5. The van der Waals surface area contributed by atoms with Gasteiger partial charge in [-0.15, -0.1) is 0 Å². The Labute approximate surface area is 133 Å². The molecule has 1 atom stereocenters. The van der Waals surface area contributed by atoms with E-state index in [9.17, 15) is 13.2 Å². The number of carbonyl (C=O) groups is 1. The highest BCUT2D eigenvalue weighted by Crippen LogP contribution is 2.13. The molecule has 1 saturated heterocycles. The topological polar surface area (TPSA) is 75.3 Å². The molecular weight excluding hydrogens is 356 g/mol. The van der Waals surface area contributed by atoms with Crippen molar-refractivity contribution in [2.45, 2.75) is 24.6 Å². The van der Waals surface area contributed by atoms with Crippen molar-refractivity contribution in [3.63, 3.8) is 0 Å². The van der Waals surface area contributed by atoms with Gasteiger partial charge in [0.25, 0.3) is 0 Å². The van der Waals surface area contributed by atoms with Gasteiger partial charge in [-0.05, 0) is 37.1 Å². The summed E-state index contributed by atoms with van der Waals surface area (Å²) < 4.78 is 25.0. The number of nitrogens with one attached hydrogen (secondary N) is 2. The molecule has 1 heterocycles. The van der Waals surface area contributed by atoms with Crippen molar-refractivity contribution >= 4 is 31.7 Å². The molecule has 0 unspecified atom stereocenters. The molecule has 1 aromatic carbocycles. The fourth-order valence-electron chi connectivity index (χ4n) is 2.33. The minimum atomic E-state index is -3.45. The van der Waals surface area contributed by atoms with Crippen LogP contribution in [0.3, 0.4) is 0 Å². The number of carbonyl (C=O) groups excluding carboxylic acids is 1. The third kappa shape index (κ3) is 5.76. The Morgan fingerprint density at radius 1 is 1.33 bits per heavy atom. The number of sulfone groups is 1. The van der Waals surface area contributed by atoms with Gasteiger partial charge in [0, 0.05) is 17.1 Å². The molecule has 2 N–H and O–H groups in total. The van der Waals surface area contributed by atoms with Gasteiger partial charge < -0.3 is 10.6 Å². The van der Waals surface area contributed by atoms with Crippen molar-refractivity contribution in [2.24, 2.45) is 0 Å². The molecule has 0 bridgehead atoms. The number of hydrogen-bond acceptors (Lipinski definition) is 4. The van der Waals surface area contributed by atoms with Crippen LogP contribution in [0.5, 0.6) is 0 Å². The molecule has 0 aromatic heterocycles. The van der Waals surface area contributed by atoms with Gasteiger partial charge in [-0.3, -0.25) is 4.79 Å². The molecule has 0 aliphatic carbocycles. The van der Waals surface area contributed by atoms with E-state index >= 15 is 0 Å². The zero-order valence-corrected chi connectivity index (χ0v) is 14.0. The van der Waals surface area contributed by atoms with Crippen LogP contribution in [0.4, 0.5) is 0 Å². The molecule has 0 radical (unpaired) electrons. The summed E-state index contributed by atoms with van der Waals surface area (Å²) >= 11 is 3.30. The second kappa shape index (κ2) is 7.38. The summed E-state index contributed by atoms with van der Waals surface area (Å²) in [6.07, 6.45) is 1.89. The average molecular weight is 375 g/mol. The van der Waals surface area contributed by atoms with E-state index in [2.05, 4.69) is 26.6 Å². The van der Waals surface area contributed by atoms with E-state index < -0.39 is 21.5 Å². The Kier molecular flexibility index (Phi) is 5.78. The van der Waals surface area contributed by atoms with Crippen LogP contribution in [0.1, 0.15) is 18.4 Å². The Balaban J connectivity index is 1.87. The highest BCUT2D eigenvalue weighted by Gasteiger charge is 2.21. The third-order valence-corrected chi connectivity index (χ3v) is 5.32. The van der Waals surface area contributed by atoms with Crippen LogP contribution in [0.2, 0.25) is 0 Å². The Hall–Kier alpha value is -0.920. The van der Waals surface area contributed by atoms with Gasteiger partial charge in [0.1, 0.15) is 5.75 Å². The largest absolute Gasteiger partial charge is 0.351 e. The minimum Gasteiger partial charge on any atom is -0.351 e. The highest BCUT2D eigenvalue weighted by atomic mass is 79.9. The van der Waals surface area contributed by atoms with Crippen LogP contribution in [0.25, 0.3) is 0 Å². The van der Waals surface area contributed by atoms with Crippen LogP contribution in [0, 0.1) is 0 Å². The van der Waals surface area contributed by atoms with E-state index in [0.717, 1.165) is 23.9 Å². The summed E-state index contributed by atoms with van der Waals surface area (Å²) in [5.41, 5.74) is 0.685. The molecule has 21 heavy (non-hydrogen) atoms. The van der Waals surface area contributed by atoms with Gasteiger partial charge in [-0.25, -0.2) is 8.42 Å². The van der Waals surface area contributed by atoms with Crippen molar-refractivity contribution in [3.8, 4) is 0 Å². The fourth-order valence-corrected chi connectivity index (χ4v) is 3.88. The van der Waals surface area contributed by atoms with Gasteiger partial charge in [-0.2, -0.15) is 0 Å². The van der Waals surface area contributed by atoms with E-state index in [0.29, 0.717) is 12.1 Å². The Morgan fingerprint density at radius 2 is 2.05 bits per heavy atom. The molecule has 1 aromatic rings. The fraction of sp³-hybridized carbons (Fsp3) is 0.500. The highest BCUT2D eigenvalue weighted by molar-refractivity contribution is 9.10. The van der Waals surface area contributed by atoms with Crippen LogP contribution >= 0.6 is 15.9 Å². The van der Waals surface area contributed by atoms with E-state index in [1.54, 1.807) is 24.3 Å². The van der Waals surface area contributed by atoms with E-state index in [1.807, 2.05) is 0 Å². The molecule has 1 fully saturated rings. The van der Waals surface area contributed by atoms with E-state index in [-0.39, 0.29) is 11.8 Å². The molecule has 1 aliphatic heterocycles. The summed E-state index contributed by atoms with van der Waals surface area (Å²) in [4.78, 5) is 11.8. The van der Waals surface area contributed by atoms with Crippen molar-refractivity contribution < 1.29 is 13.2 Å². The van der Waals surface area contributed by atoms with Crippen LogP contribution in [-0.4, -0.2) is 39.2 Å². The smallest absolute Gasteiger partial charge is 0.235 e. The van der Waals surface area contributed by atoms with Crippen molar-refractivity contribution in [3.05, 3.63) is 34.3 Å². The number of halogens is 1. The molecule has 1 amide bonds. The van der Waals surface area contributed by atoms with Crippen LogP contribution in [-0.2, 0) is 20.4 Å². The predicted molar refractivity (Wildman–Crippen MR) is 85.7 cm³/mol. The minimum absolute atomic E-state index is 0.0362. The maximum atomic E-state index is 12.0. The molecule has 116 valence electrons. The second-order valence-electron chi connectivity index (χ2n) is 5.27. The number of hydrogen-bond donors (Lipinski definition) is 2. The maximum absolute atomic E-state index is 12.0. The van der Waals surface area contributed by atoms with Gasteiger partial charge >= 0.3 is 0 Å². The Bertz CT molecular complexity index is 581. The van der Waals surface area contributed by atoms with Crippen LogP contribution < -0.4 is 10.6 Å². The van der Waals surface area contributed by atoms with Crippen molar-refractivity contribution in [1.82, 2.24) is 10.6 Å². The lowest BCUT2D eigenvalue weighted by Gasteiger charge is -2.23. The molecule has 0 spiro atoms. The number of piperidine rings is 1. The first-order valence-electron chi connectivity index (χ1n) is 6.89. The summed E-state index contributed by atoms with van der Waals surface area (Å²) in [6.45, 7) is 1.66. The molecule has 5 nitrogen and oxygen atoms in total. The quantitative estimate of drug-likeness (QED) is 0.812. The van der Waals surface area contributed by atoms with E-state index in [4.69, 9.17) is 0 Å². The summed E-state index contributed by atoms with van der Waals surface area (Å²) in [5.74, 6) is -0.989. The second-order valence-corrected chi connectivity index (χ2v) is 8.25. The molecule has 7 heteroatoms. The number of amides is 1. The van der Waals surface area contributed by atoms with Crippen molar-refractivity contribution in [1.29, 1.82) is 0 Å². The third-order valence-electron chi connectivity index (χ3n) is 3.31. The molecule has 0 saturated carbocycles. The standard InChI is InChI=1S/C14H19BrN2O3S/c15-12-5-3-11(4-6-12)9-21(19,20)10-14(18)17-13-2-1-7-16-8-13/h3-6,13,16H,1-2,7-10H2,(H,17,18)/t13-/m0/s1. The van der Waals surface area contributed by atoms with Crippen LogP contribution in [0.15, 0.2) is 28.7 Å². The predicted octanol–water partition coefficient (Wildman–Crippen LogP) is 1.23. The SMILES string of the molecule is O=C(CS(=O)(=O)Cc1ccc(Br)cc1)N[C@H]1CCCNC1. The normalized spacial score (nSPS) is 19.2. The average Bonchev–Trinajstić information content (AvgIpc) is 2.41. The zero-order chi connectivity index (χ0) is 15.3. The lowest BCUT2D eigenvalue weighted by molar-refractivity contribution is -0.119. The number of rotatable bonds is 5. The van der Waals surface area contributed by atoms with Crippen molar-refractivity contribution in [2.75, 3.05) is 18.8 Å². The molecule has 1 aliphatic rings. The molecule has 2 rings (SSSR count). The van der Waals surface area contributed by atoms with Gasteiger partial charge in [0.15, 0.2) is 9.84 Å². The lowest BCUT2D eigenvalue weighted by atomic mass is 10.1.